The molecule has 298 valence electrons. The average molecular weight is 811 g/mol. The summed E-state index contributed by atoms with van der Waals surface area (Å²) in [6, 6.07) is 62.0. The molecule has 0 bridgehead atoms. The normalized spacial score (nSPS) is 15.0. The van der Waals surface area contributed by atoms with E-state index < -0.39 is 21.8 Å². The molecule has 2 nitrogen and oxygen atoms in total. The van der Waals surface area contributed by atoms with Gasteiger partial charge in [0.05, 0.1) is 5.69 Å². The molecular formula is C57H53BN2Si. The predicted octanol–water partition coefficient (Wildman–Crippen LogP) is 9.99. The number of hydrogen-bond donors (Lipinski definition) is 0. The molecule has 0 amide bonds. The first kappa shape index (κ1) is 32.4. The van der Waals surface area contributed by atoms with Crippen LogP contribution in [-0.2, 0) is 5.41 Å². The van der Waals surface area contributed by atoms with Crippen LogP contribution < -0.4 is 46.9 Å². The molecule has 0 spiro atoms. The van der Waals surface area contributed by atoms with Gasteiger partial charge >= 0.3 is 0 Å². The fraction of sp³-hybridized carbons (Fsp3) is 0.158. The van der Waals surface area contributed by atoms with Gasteiger partial charge in [-0.15, -0.1) is 0 Å². The molecule has 0 fully saturated rings. The lowest BCUT2D eigenvalue weighted by atomic mass is 9.33. The van der Waals surface area contributed by atoms with E-state index in [1.165, 1.54) is 26.3 Å². The third-order valence-electron chi connectivity index (χ3n) is 13.0. The van der Waals surface area contributed by atoms with Gasteiger partial charge in [-0.05, 0) is 136 Å². The molecule has 0 saturated heterocycles. The number of hydrogen-bond acceptors (Lipinski definition) is 2. The number of anilines is 6. The van der Waals surface area contributed by atoms with Crippen LogP contribution in [0.3, 0.4) is 0 Å². The third-order valence-corrected chi connectivity index (χ3v) is 17.7. The Hall–Kier alpha value is -6.36. The van der Waals surface area contributed by atoms with Crippen LogP contribution in [0.4, 0.5) is 34.1 Å². The Morgan fingerprint density at radius 3 is 1.49 bits per heavy atom. The molecule has 4 heteroatoms. The van der Waals surface area contributed by atoms with E-state index in [2.05, 4.69) is 185 Å². The Kier molecular flexibility index (Phi) is 7.80. The summed E-state index contributed by atoms with van der Waals surface area (Å²) in [6.45, 7) is 8.45. The highest BCUT2D eigenvalue weighted by molar-refractivity contribution is 7.20. The minimum Gasteiger partial charge on any atom is -0.311 e. The largest absolute Gasteiger partial charge is 0.311 e. The highest BCUT2D eigenvalue weighted by atomic mass is 28.3. The highest BCUT2D eigenvalue weighted by Gasteiger charge is 2.46. The Morgan fingerprint density at radius 1 is 0.459 bits per heavy atom. The van der Waals surface area contributed by atoms with E-state index in [0.29, 0.717) is 0 Å². The van der Waals surface area contributed by atoms with Crippen molar-refractivity contribution in [3.05, 3.63) is 209 Å². The van der Waals surface area contributed by atoms with Gasteiger partial charge in [0, 0.05) is 36.7 Å². The molecule has 0 saturated carbocycles. The molecule has 2 aliphatic heterocycles. The molecule has 0 N–H and O–H groups in total. The first-order chi connectivity index (χ1) is 31.9. The molecule has 10 rings (SSSR count). The van der Waals surface area contributed by atoms with Crippen LogP contribution in [0.5, 0.6) is 0 Å². The zero-order valence-corrected chi connectivity index (χ0v) is 36.7. The number of nitrogens with zero attached hydrogens (tertiary/aromatic N) is 2. The molecule has 0 aromatic heterocycles. The maximum atomic E-state index is 8.58. The second-order valence-electron chi connectivity index (χ2n) is 18.0. The summed E-state index contributed by atoms with van der Waals surface area (Å²) in [5.41, 5.74) is 13.8. The van der Waals surface area contributed by atoms with Gasteiger partial charge in [-0.3, -0.25) is 0 Å². The van der Waals surface area contributed by atoms with E-state index >= 15 is 0 Å². The lowest BCUT2D eigenvalue weighted by Crippen LogP contribution is -2.74. The number of rotatable bonds is 6. The van der Waals surface area contributed by atoms with E-state index in [0.717, 1.165) is 67.2 Å². The maximum Gasteiger partial charge on any atom is 0.252 e. The standard InChI is InChI=1S/C57H53BN2Si/c1-38-24-28-44(29-25-38)59-51-30-26-39(2)32-49(51)58-50-37-43(57(6,7)8)27-31-52(50)60(54-34-40(3)33-53(59)55(54)58)56-41(4)35-48(36-42(56)5)61(45-18-12-9-13-19-45,46-20-14-10-15-21-46)47-22-16-11-17-23-47/h9-37H,1-8H3/i1D3,2D3. The zero-order chi connectivity index (χ0) is 47.2. The summed E-state index contributed by atoms with van der Waals surface area (Å²) < 4.78 is 50.1. The molecule has 61 heavy (non-hydrogen) atoms. The van der Waals surface area contributed by atoms with Crippen molar-refractivity contribution in [3.63, 3.8) is 0 Å². The first-order valence-electron chi connectivity index (χ1n) is 24.3. The smallest absolute Gasteiger partial charge is 0.252 e. The quantitative estimate of drug-likeness (QED) is 0.122. The Morgan fingerprint density at radius 2 is 0.951 bits per heavy atom. The molecule has 0 unspecified atom stereocenters. The highest BCUT2D eigenvalue weighted by Crippen LogP contribution is 2.46. The average Bonchev–Trinajstić information content (AvgIpc) is 3.29. The zero-order valence-electron chi connectivity index (χ0n) is 41.7. The van der Waals surface area contributed by atoms with Crippen LogP contribution in [0.1, 0.15) is 62.4 Å². The minimum atomic E-state index is -2.86. The molecule has 8 aromatic carbocycles. The SMILES string of the molecule is [2H]C([2H])([2H])c1ccc(N2c3ccc(C([2H])([2H])[2H])cc3B3c4cc(C(C)(C)C)ccc4N(c4c(C)cc([Si](c5ccccc5)(c5ccccc5)c5ccccc5)cc4C)c4cc(C)cc2c43)cc1. The number of benzene rings is 8. The topological polar surface area (TPSA) is 6.48 Å². The Balaban J connectivity index is 1.27. The Bertz CT molecular complexity index is 3060. The van der Waals surface area contributed by atoms with Crippen molar-refractivity contribution in [3.8, 4) is 0 Å². The lowest BCUT2D eigenvalue weighted by Gasteiger charge is -2.45. The van der Waals surface area contributed by atoms with Gasteiger partial charge in [0.25, 0.3) is 6.71 Å². The van der Waals surface area contributed by atoms with Crippen LogP contribution in [-0.4, -0.2) is 14.8 Å². The Labute approximate surface area is 372 Å². The molecule has 0 atom stereocenters. The van der Waals surface area contributed by atoms with Crippen molar-refractivity contribution >= 4 is 86.0 Å². The van der Waals surface area contributed by atoms with Gasteiger partial charge in [0.1, 0.15) is 0 Å². The van der Waals surface area contributed by atoms with Crippen LogP contribution >= 0.6 is 0 Å². The van der Waals surface area contributed by atoms with Crippen molar-refractivity contribution in [1.82, 2.24) is 0 Å². The third kappa shape index (κ3) is 6.22. The van der Waals surface area contributed by atoms with Gasteiger partial charge in [-0.1, -0.05) is 171 Å². The monoisotopic (exact) mass is 810 g/mol. The van der Waals surface area contributed by atoms with Crippen molar-refractivity contribution in [2.24, 2.45) is 0 Å². The van der Waals surface area contributed by atoms with E-state index in [9.17, 15) is 0 Å². The fourth-order valence-electron chi connectivity index (χ4n) is 10.3. The molecular weight excluding hydrogens is 752 g/mol. The van der Waals surface area contributed by atoms with Gasteiger partial charge in [0.2, 0.25) is 0 Å². The van der Waals surface area contributed by atoms with Gasteiger partial charge in [-0.25, -0.2) is 0 Å². The molecule has 2 heterocycles. The van der Waals surface area contributed by atoms with E-state index in [4.69, 9.17) is 8.22 Å². The summed E-state index contributed by atoms with van der Waals surface area (Å²) in [5.74, 6) is 0. The van der Waals surface area contributed by atoms with Crippen molar-refractivity contribution in [2.45, 2.75) is 60.7 Å². The molecule has 2 aliphatic rings. The van der Waals surface area contributed by atoms with Crippen LogP contribution in [0.2, 0.25) is 0 Å². The molecule has 0 radical (unpaired) electrons. The summed E-state index contributed by atoms with van der Waals surface area (Å²) in [7, 11) is -2.86. The molecule has 8 aromatic rings. The fourth-order valence-corrected chi connectivity index (χ4v) is 15.3. The van der Waals surface area contributed by atoms with Gasteiger partial charge in [-0.2, -0.15) is 0 Å². The summed E-state index contributed by atoms with van der Waals surface area (Å²) in [4.78, 5) is 4.66. The first-order valence-corrected chi connectivity index (χ1v) is 23.3. The lowest BCUT2D eigenvalue weighted by molar-refractivity contribution is 0.591. The maximum absolute atomic E-state index is 8.58. The van der Waals surface area contributed by atoms with Gasteiger partial charge in [0.15, 0.2) is 8.07 Å². The van der Waals surface area contributed by atoms with Crippen molar-refractivity contribution in [1.29, 1.82) is 0 Å². The van der Waals surface area contributed by atoms with E-state index in [1.807, 2.05) is 24.3 Å². The van der Waals surface area contributed by atoms with Gasteiger partial charge < -0.3 is 9.80 Å². The van der Waals surface area contributed by atoms with E-state index in [1.54, 1.807) is 18.2 Å². The summed E-state index contributed by atoms with van der Waals surface area (Å²) in [5, 5.41) is 5.25. The van der Waals surface area contributed by atoms with Crippen LogP contribution in [0.15, 0.2) is 176 Å². The second kappa shape index (κ2) is 14.7. The molecule has 0 aliphatic carbocycles. The number of aryl methyl sites for hydroxylation is 5. The van der Waals surface area contributed by atoms with Crippen LogP contribution in [0.25, 0.3) is 0 Å². The predicted molar refractivity (Wildman–Crippen MR) is 266 cm³/mol. The summed E-state index contributed by atoms with van der Waals surface area (Å²) in [6.07, 6.45) is 0. The van der Waals surface area contributed by atoms with Crippen LogP contribution in [0, 0.1) is 34.5 Å². The van der Waals surface area contributed by atoms with Crippen molar-refractivity contribution in [2.75, 3.05) is 9.80 Å². The second-order valence-corrected chi connectivity index (χ2v) is 21.8. The van der Waals surface area contributed by atoms with E-state index in [-0.39, 0.29) is 23.3 Å². The van der Waals surface area contributed by atoms with Crippen molar-refractivity contribution < 1.29 is 8.22 Å². The summed E-state index contributed by atoms with van der Waals surface area (Å²) >= 11 is 0. The minimum absolute atomic E-state index is 0.168. The number of fused-ring (bicyclic) bond motifs is 4.